The molecule has 1 N–H and O–H groups in total. The van der Waals surface area contributed by atoms with Crippen LogP contribution in [0.3, 0.4) is 0 Å². The normalized spacial score (nSPS) is 22.4. The van der Waals surface area contributed by atoms with Gasteiger partial charge in [0.1, 0.15) is 0 Å². The minimum Gasteiger partial charge on any atom is -0.381 e. The standard InChI is InChI=1S/C13H18N2O2S/c1-13(2)7-11(8-18-9-13)14-10-4-3-5-12(6-10)15(16)17/h3-6,11,14H,7-9H2,1-2H3. The number of hydrogen-bond donors (Lipinski definition) is 1. The zero-order valence-corrected chi connectivity index (χ0v) is 11.5. The predicted molar refractivity (Wildman–Crippen MR) is 76.2 cm³/mol. The molecule has 1 heterocycles. The van der Waals surface area contributed by atoms with E-state index in [-0.39, 0.29) is 10.6 Å². The van der Waals surface area contributed by atoms with Gasteiger partial charge in [-0.1, -0.05) is 19.9 Å². The van der Waals surface area contributed by atoms with Gasteiger partial charge in [0.05, 0.1) is 4.92 Å². The van der Waals surface area contributed by atoms with Crippen LogP contribution >= 0.6 is 11.8 Å². The fourth-order valence-corrected chi connectivity index (χ4v) is 3.57. The Kier molecular flexibility index (Phi) is 3.80. The molecule has 0 aliphatic carbocycles. The summed E-state index contributed by atoms with van der Waals surface area (Å²) in [6.45, 7) is 4.53. The average molecular weight is 266 g/mol. The molecular weight excluding hydrogens is 248 g/mol. The SMILES string of the molecule is CC1(C)CSCC(Nc2cccc([N+](=O)[O-])c2)C1. The Hall–Kier alpha value is -1.23. The Morgan fingerprint density at radius 1 is 1.50 bits per heavy atom. The van der Waals surface area contributed by atoms with Crippen LogP contribution in [0.4, 0.5) is 11.4 Å². The molecule has 1 saturated heterocycles. The molecule has 0 spiro atoms. The zero-order chi connectivity index (χ0) is 13.2. The first kappa shape index (κ1) is 13.2. The van der Waals surface area contributed by atoms with Gasteiger partial charge < -0.3 is 5.32 Å². The molecule has 1 aromatic rings. The average Bonchev–Trinajstić information content (AvgIpc) is 2.28. The molecule has 2 rings (SSSR count). The molecule has 98 valence electrons. The van der Waals surface area contributed by atoms with Crippen molar-refractivity contribution in [3.05, 3.63) is 34.4 Å². The molecule has 18 heavy (non-hydrogen) atoms. The lowest BCUT2D eigenvalue weighted by Crippen LogP contribution is -2.35. The Labute approximate surface area is 111 Å². The van der Waals surface area contributed by atoms with Crippen molar-refractivity contribution in [1.29, 1.82) is 0 Å². The van der Waals surface area contributed by atoms with Gasteiger partial charge in [-0.3, -0.25) is 10.1 Å². The Morgan fingerprint density at radius 2 is 2.28 bits per heavy atom. The van der Waals surface area contributed by atoms with E-state index >= 15 is 0 Å². The van der Waals surface area contributed by atoms with Gasteiger partial charge in [0.15, 0.2) is 0 Å². The second-order valence-electron chi connectivity index (χ2n) is 5.53. The summed E-state index contributed by atoms with van der Waals surface area (Å²) in [4.78, 5) is 10.4. The largest absolute Gasteiger partial charge is 0.381 e. The maximum absolute atomic E-state index is 10.7. The number of nitro groups is 1. The lowest BCUT2D eigenvalue weighted by molar-refractivity contribution is -0.384. The van der Waals surface area contributed by atoms with E-state index < -0.39 is 0 Å². The lowest BCUT2D eigenvalue weighted by Gasteiger charge is -2.35. The summed E-state index contributed by atoms with van der Waals surface area (Å²) in [6.07, 6.45) is 1.10. The summed E-state index contributed by atoms with van der Waals surface area (Å²) in [5, 5.41) is 14.1. The van der Waals surface area contributed by atoms with E-state index in [1.54, 1.807) is 12.1 Å². The minimum atomic E-state index is -0.356. The maximum atomic E-state index is 10.7. The number of nitro benzene ring substituents is 1. The summed E-state index contributed by atoms with van der Waals surface area (Å²) < 4.78 is 0. The second-order valence-corrected chi connectivity index (χ2v) is 6.56. The highest BCUT2D eigenvalue weighted by atomic mass is 32.2. The first-order valence-electron chi connectivity index (χ1n) is 6.05. The number of benzene rings is 1. The van der Waals surface area contributed by atoms with Crippen LogP contribution in [0, 0.1) is 15.5 Å². The summed E-state index contributed by atoms with van der Waals surface area (Å²) >= 11 is 1.94. The summed E-state index contributed by atoms with van der Waals surface area (Å²) in [5.41, 5.74) is 1.32. The van der Waals surface area contributed by atoms with Crippen molar-refractivity contribution in [3.8, 4) is 0 Å². The number of anilines is 1. The van der Waals surface area contributed by atoms with Gasteiger partial charge in [-0.15, -0.1) is 0 Å². The van der Waals surface area contributed by atoms with E-state index in [9.17, 15) is 10.1 Å². The molecule has 5 heteroatoms. The summed E-state index contributed by atoms with van der Waals surface area (Å²) in [7, 11) is 0. The predicted octanol–water partition coefficient (Wildman–Crippen LogP) is 3.54. The van der Waals surface area contributed by atoms with Crippen LogP contribution in [0.1, 0.15) is 20.3 Å². The minimum absolute atomic E-state index is 0.141. The zero-order valence-electron chi connectivity index (χ0n) is 10.7. The molecule has 1 aliphatic heterocycles. The Morgan fingerprint density at radius 3 is 2.94 bits per heavy atom. The fourth-order valence-electron chi connectivity index (χ4n) is 2.30. The van der Waals surface area contributed by atoms with Crippen LogP contribution in [-0.4, -0.2) is 22.5 Å². The fraction of sp³-hybridized carbons (Fsp3) is 0.538. The molecule has 1 aromatic carbocycles. The molecule has 0 amide bonds. The second kappa shape index (κ2) is 5.18. The Balaban J connectivity index is 2.05. The topological polar surface area (TPSA) is 55.2 Å². The van der Waals surface area contributed by atoms with Gasteiger partial charge in [0.25, 0.3) is 5.69 Å². The van der Waals surface area contributed by atoms with Crippen LogP contribution < -0.4 is 5.32 Å². The molecule has 1 aliphatic rings. The van der Waals surface area contributed by atoms with Gasteiger partial charge in [-0.05, 0) is 23.7 Å². The number of nitrogens with one attached hydrogen (secondary N) is 1. The van der Waals surface area contributed by atoms with Crippen LogP contribution in [0.5, 0.6) is 0 Å². The van der Waals surface area contributed by atoms with Gasteiger partial charge >= 0.3 is 0 Å². The first-order chi connectivity index (χ1) is 8.46. The van der Waals surface area contributed by atoms with Crippen LogP contribution in [-0.2, 0) is 0 Å². The molecule has 4 nitrogen and oxygen atoms in total. The third-order valence-electron chi connectivity index (χ3n) is 3.04. The van der Waals surface area contributed by atoms with Gasteiger partial charge in [-0.2, -0.15) is 11.8 Å². The number of non-ortho nitro benzene ring substituents is 1. The molecule has 0 aromatic heterocycles. The van der Waals surface area contributed by atoms with E-state index in [4.69, 9.17) is 0 Å². The first-order valence-corrected chi connectivity index (χ1v) is 7.20. The number of rotatable bonds is 3. The highest BCUT2D eigenvalue weighted by Crippen LogP contribution is 2.34. The van der Waals surface area contributed by atoms with Crippen molar-refractivity contribution >= 4 is 23.1 Å². The molecule has 1 fully saturated rings. The van der Waals surface area contributed by atoms with E-state index in [0.29, 0.717) is 11.5 Å². The van der Waals surface area contributed by atoms with Crippen molar-refractivity contribution in [2.24, 2.45) is 5.41 Å². The third kappa shape index (κ3) is 3.38. The highest BCUT2D eigenvalue weighted by Gasteiger charge is 2.28. The van der Waals surface area contributed by atoms with Crippen molar-refractivity contribution in [1.82, 2.24) is 0 Å². The van der Waals surface area contributed by atoms with Crippen LogP contribution in [0.2, 0.25) is 0 Å². The Bertz CT molecular complexity index is 448. The molecule has 0 radical (unpaired) electrons. The van der Waals surface area contributed by atoms with Crippen molar-refractivity contribution in [2.75, 3.05) is 16.8 Å². The van der Waals surface area contributed by atoms with E-state index in [1.807, 2.05) is 17.8 Å². The molecule has 1 unspecified atom stereocenters. The smallest absolute Gasteiger partial charge is 0.271 e. The van der Waals surface area contributed by atoms with Crippen molar-refractivity contribution in [3.63, 3.8) is 0 Å². The van der Waals surface area contributed by atoms with E-state index in [1.165, 1.54) is 11.8 Å². The maximum Gasteiger partial charge on any atom is 0.271 e. The van der Waals surface area contributed by atoms with Crippen LogP contribution in [0.15, 0.2) is 24.3 Å². The quantitative estimate of drug-likeness (QED) is 0.671. The van der Waals surface area contributed by atoms with Gasteiger partial charge in [-0.25, -0.2) is 0 Å². The van der Waals surface area contributed by atoms with Crippen LogP contribution in [0.25, 0.3) is 0 Å². The molecule has 0 saturated carbocycles. The number of hydrogen-bond acceptors (Lipinski definition) is 4. The van der Waals surface area contributed by atoms with E-state index in [2.05, 4.69) is 19.2 Å². The van der Waals surface area contributed by atoms with Gasteiger partial charge in [0.2, 0.25) is 0 Å². The molecular formula is C13H18N2O2S. The summed E-state index contributed by atoms with van der Waals surface area (Å²) in [6, 6.07) is 7.12. The van der Waals surface area contributed by atoms with Crippen molar-refractivity contribution < 1.29 is 4.92 Å². The lowest BCUT2D eigenvalue weighted by atomic mass is 9.88. The third-order valence-corrected chi connectivity index (χ3v) is 4.66. The molecule has 1 atom stereocenters. The number of thioether (sulfide) groups is 1. The molecule has 0 bridgehead atoms. The monoisotopic (exact) mass is 266 g/mol. The number of nitrogens with zero attached hydrogens (tertiary/aromatic N) is 1. The van der Waals surface area contributed by atoms with Crippen molar-refractivity contribution in [2.45, 2.75) is 26.3 Å². The summed E-state index contributed by atoms with van der Waals surface area (Å²) in [5.74, 6) is 2.24. The highest BCUT2D eigenvalue weighted by molar-refractivity contribution is 7.99. The van der Waals surface area contributed by atoms with Gasteiger partial charge in [0, 0.05) is 29.6 Å². The van der Waals surface area contributed by atoms with E-state index in [0.717, 1.165) is 17.9 Å².